The Kier molecular flexibility index (Phi) is 4.51. The SMILES string of the molecule is CO[C@H](C)[C@H]1C(=O)Nc2c(cc(NCc3cnn(CC45CC(F)(C4)C5)c3)nc2C)N1C. The Morgan fingerprint density at radius 1 is 1.42 bits per heavy atom. The Hall–Kier alpha value is -2.68. The average molecular weight is 429 g/mol. The maximum absolute atomic E-state index is 13.7. The predicted molar refractivity (Wildman–Crippen MR) is 116 cm³/mol. The van der Waals surface area contributed by atoms with Crippen molar-refractivity contribution in [2.75, 3.05) is 29.7 Å². The topological polar surface area (TPSA) is 84.3 Å². The van der Waals surface area contributed by atoms with Crippen LogP contribution in [0.1, 0.15) is 37.4 Å². The molecular formula is C22H29FN6O2. The number of hydrogen-bond donors (Lipinski definition) is 2. The summed E-state index contributed by atoms with van der Waals surface area (Å²) in [4.78, 5) is 19.1. The van der Waals surface area contributed by atoms with Gasteiger partial charge in [0.2, 0.25) is 5.91 Å². The van der Waals surface area contributed by atoms with Gasteiger partial charge in [-0.3, -0.25) is 9.48 Å². The molecule has 9 heteroatoms. The lowest BCUT2D eigenvalue weighted by atomic mass is 9.42. The van der Waals surface area contributed by atoms with Crippen LogP contribution >= 0.6 is 0 Å². The number of likely N-dealkylation sites (N-methyl/N-ethyl adjacent to an activating group) is 1. The summed E-state index contributed by atoms with van der Waals surface area (Å²) < 4.78 is 21.1. The van der Waals surface area contributed by atoms with Crippen LogP contribution in [0.2, 0.25) is 0 Å². The normalized spacial score (nSPS) is 29.5. The Morgan fingerprint density at radius 2 is 2.16 bits per heavy atom. The number of fused-ring (bicyclic) bond motifs is 1. The number of methoxy groups -OCH3 is 1. The highest BCUT2D eigenvalue weighted by Gasteiger charge is 2.69. The second-order valence-electron chi connectivity index (χ2n) is 9.55. The molecule has 3 aliphatic carbocycles. The van der Waals surface area contributed by atoms with Gasteiger partial charge in [0.1, 0.15) is 17.5 Å². The number of nitrogens with one attached hydrogen (secondary N) is 2. The standard InChI is InChI=1S/C22H29FN6O2/c1-13-18-16(28(3)19(14(2)31-4)20(30)27-18)5-17(26-13)24-6-15-7-25-29(8-15)12-21-9-22(23,10-21)11-21/h5,7-8,14,19H,6,9-12H2,1-4H3,(H,24,26)(H,27,30)/t14-,19+,21?,22?/m1/s1. The minimum Gasteiger partial charge on any atom is -0.379 e. The molecule has 31 heavy (non-hydrogen) atoms. The summed E-state index contributed by atoms with van der Waals surface area (Å²) in [6.45, 7) is 5.15. The molecule has 0 radical (unpaired) electrons. The van der Waals surface area contributed by atoms with Crippen LogP contribution in [0, 0.1) is 12.3 Å². The molecule has 2 bridgehead atoms. The molecule has 4 aliphatic rings. The third-order valence-corrected chi connectivity index (χ3v) is 7.04. The number of carbonyl (C=O) groups is 1. The van der Waals surface area contributed by atoms with E-state index in [0.717, 1.165) is 35.0 Å². The van der Waals surface area contributed by atoms with E-state index in [4.69, 9.17) is 4.74 Å². The van der Waals surface area contributed by atoms with Gasteiger partial charge in [0, 0.05) is 45.1 Å². The van der Waals surface area contributed by atoms with Gasteiger partial charge in [-0.15, -0.1) is 0 Å². The van der Waals surface area contributed by atoms with E-state index in [1.807, 2.05) is 48.9 Å². The number of amides is 1. The number of anilines is 3. The minimum atomic E-state index is -0.875. The summed E-state index contributed by atoms with van der Waals surface area (Å²) in [5, 5.41) is 10.8. The van der Waals surface area contributed by atoms with Gasteiger partial charge in [-0.05, 0) is 38.5 Å². The van der Waals surface area contributed by atoms with Crippen molar-refractivity contribution in [1.29, 1.82) is 0 Å². The number of ether oxygens (including phenoxy) is 1. The highest BCUT2D eigenvalue weighted by Crippen LogP contribution is 2.70. The van der Waals surface area contributed by atoms with Gasteiger partial charge >= 0.3 is 0 Å². The van der Waals surface area contributed by atoms with Crippen LogP contribution in [0.4, 0.5) is 21.6 Å². The van der Waals surface area contributed by atoms with E-state index in [1.165, 1.54) is 0 Å². The number of hydrogen-bond acceptors (Lipinski definition) is 6. The first-order valence-corrected chi connectivity index (χ1v) is 10.7. The fourth-order valence-corrected chi connectivity index (χ4v) is 5.51. The van der Waals surface area contributed by atoms with Gasteiger partial charge in [-0.2, -0.15) is 5.10 Å². The zero-order chi connectivity index (χ0) is 22.0. The van der Waals surface area contributed by atoms with Crippen molar-refractivity contribution in [2.24, 2.45) is 5.41 Å². The number of nitrogens with zero attached hydrogens (tertiary/aromatic N) is 4. The van der Waals surface area contributed by atoms with E-state index < -0.39 is 11.7 Å². The first-order chi connectivity index (χ1) is 14.7. The zero-order valence-corrected chi connectivity index (χ0v) is 18.4. The summed E-state index contributed by atoms with van der Waals surface area (Å²) in [5.41, 5.74) is 2.69. The second-order valence-corrected chi connectivity index (χ2v) is 9.55. The molecule has 0 unspecified atom stereocenters. The fourth-order valence-electron chi connectivity index (χ4n) is 5.51. The van der Waals surface area contributed by atoms with Gasteiger partial charge < -0.3 is 20.3 Å². The number of aromatic nitrogens is 3. The molecule has 0 saturated heterocycles. The van der Waals surface area contributed by atoms with Crippen LogP contribution in [-0.2, 0) is 22.6 Å². The maximum atomic E-state index is 13.7. The molecule has 2 aromatic rings. The summed E-state index contributed by atoms with van der Waals surface area (Å²) in [6, 6.07) is 1.54. The molecule has 3 fully saturated rings. The molecular weight excluding hydrogens is 399 g/mol. The van der Waals surface area contributed by atoms with E-state index in [2.05, 4.69) is 20.7 Å². The number of halogens is 1. The molecule has 2 aromatic heterocycles. The minimum absolute atomic E-state index is 0.0928. The van der Waals surface area contributed by atoms with E-state index in [1.54, 1.807) is 7.11 Å². The van der Waals surface area contributed by atoms with Gasteiger partial charge in [0.15, 0.2) is 0 Å². The number of carbonyl (C=O) groups excluding carboxylic acids is 1. The largest absolute Gasteiger partial charge is 0.379 e. The maximum Gasteiger partial charge on any atom is 0.249 e. The number of aryl methyl sites for hydroxylation is 1. The fraction of sp³-hybridized carbons (Fsp3) is 0.591. The van der Waals surface area contributed by atoms with Gasteiger partial charge in [0.25, 0.3) is 0 Å². The lowest BCUT2D eigenvalue weighted by Gasteiger charge is -2.65. The number of pyridine rings is 1. The number of alkyl halides is 1. The Labute approximate surface area is 181 Å². The quantitative estimate of drug-likeness (QED) is 0.706. The molecule has 0 aromatic carbocycles. The summed E-state index contributed by atoms with van der Waals surface area (Å²) in [6.07, 6.45) is 5.65. The van der Waals surface area contributed by atoms with Crippen LogP contribution in [-0.4, -0.2) is 52.6 Å². The molecule has 2 atom stereocenters. The molecule has 3 saturated carbocycles. The van der Waals surface area contributed by atoms with E-state index in [-0.39, 0.29) is 17.4 Å². The molecule has 3 heterocycles. The highest BCUT2D eigenvalue weighted by molar-refractivity contribution is 6.04. The van der Waals surface area contributed by atoms with Crippen molar-refractivity contribution in [3.05, 3.63) is 29.7 Å². The summed E-state index contributed by atoms with van der Waals surface area (Å²) >= 11 is 0. The second kappa shape index (κ2) is 6.91. The Balaban J connectivity index is 1.27. The molecule has 0 spiro atoms. The molecule has 2 N–H and O–H groups in total. The van der Waals surface area contributed by atoms with Crippen molar-refractivity contribution < 1.29 is 13.9 Å². The van der Waals surface area contributed by atoms with Crippen LogP contribution < -0.4 is 15.5 Å². The van der Waals surface area contributed by atoms with E-state index in [9.17, 15) is 9.18 Å². The molecule has 1 amide bonds. The molecule has 1 aliphatic heterocycles. The molecule has 8 nitrogen and oxygen atoms in total. The highest BCUT2D eigenvalue weighted by atomic mass is 19.1. The third-order valence-electron chi connectivity index (χ3n) is 7.04. The van der Waals surface area contributed by atoms with Crippen molar-refractivity contribution in [1.82, 2.24) is 14.8 Å². The van der Waals surface area contributed by atoms with Crippen LogP contribution in [0.15, 0.2) is 18.5 Å². The smallest absolute Gasteiger partial charge is 0.249 e. The summed E-state index contributed by atoms with van der Waals surface area (Å²) in [7, 11) is 3.51. The average Bonchev–Trinajstić information content (AvgIpc) is 3.12. The summed E-state index contributed by atoms with van der Waals surface area (Å²) in [5.74, 6) is 0.638. The van der Waals surface area contributed by atoms with Gasteiger partial charge in [0.05, 0.1) is 29.4 Å². The van der Waals surface area contributed by atoms with Gasteiger partial charge in [-0.1, -0.05) is 0 Å². The Bertz CT molecular complexity index is 1020. The predicted octanol–water partition coefficient (Wildman–Crippen LogP) is 2.88. The monoisotopic (exact) mass is 428 g/mol. The van der Waals surface area contributed by atoms with Crippen LogP contribution in [0.5, 0.6) is 0 Å². The Morgan fingerprint density at radius 3 is 2.84 bits per heavy atom. The van der Waals surface area contributed by atoms with Crippen molar-refractivity contribution in [3.8, 4) is 0 Å². The van der Waals surface area contributed by atoms with Crippen molar-refractivity contribution >= 4 is 23.1 Å². The van der Waals surface area contributed by atoms with Gasteiger partial charge in [-0.25, -0.2) is 9.37 Å². The zero-order valence-electron chi connectivity index (χ0n) is 18.4. The third kappa shape index (κ3) is 3.35. The van der Waals surface area contributed by atoms with E-state index in [0.29, 0.717) is 25.8 Å². The lowest BCUT2D eigenvalue weighted by Crippen LogP contribution is -2.65. The van der Waals surface area contributed by atoms with Crippen LogP contribution in [0.3, 0.4) is 0 Å². The molecule has 166 valence electrons. The van der Waals surface area contributed by atoms with E-state index >= 15 is 0 Å². The van der Waals surface area contributed by atoms with Crippen LogP contribution in [0.25, 0.3) is 0 Å². The van der Waals surface area contributed by atoms with Crippen molar-refractivity contribution in [2.45, 2.75) is 64.0 Å². The molecule has 6 rings (SSSR count). The first-order valence-electron chi connectivity index (χ1n) is 10.7. The number of rotatable bonds is 7. The lowest BCUT2D eigenvalue weighted by molar-refractivity contribution is -0.221. The van der Waals surface area contributed by atoms with Crippen molar-refractivity contribution in [3.63, 3.8) is 0 Å². The first kappa shape index (κ1) is 20.2.